The maximum Gasteiger partial charge on any atom is 0.307 e. The smallest absolute Gasteiger partial charge is 0.307 e. The van der Waals surface area contributed by atoms with Crippen LogP contribution in [0.1, 0.15) is 19.3 Å². The number of carboxylic acids is 1. The van der Waals surface area contributed by atoms with E-state index in [1.807, 2.05) is 24.3 Å². The van der Waals surface area contributed by atoms with E-state index in [1.165, 1.54) is 0 Å². The van der Waals surface area contributed by atoms with Crippen LogP contribution in [0.25, 0.3) is 0 Å². The highest BCUT2D eigenvalue weighted by Crippen LogP contribution is 2.59. The van der Waals surface area contributed by atoms with E-state index >= 15 is 0 Å². The molecule has 1 saturated heterocycles. The fourth-order valence-corrected chi connectivity index (χ4v) is 3.62. The van der Waals surface area contributed by atoms with E-state index in [0.29, 0.717) is 18.8 Å². The minimum Gasteiger partial charge on any atom is -0.484 e. The van der Waals surface area contributed by atoms with Gasteiger partial charge in [-0.2, -0.15) is 0 Å². The van der Waals surface area contributed by atoms with E-state index in [4.69, 9.17) is 9.84 Å². The summed E-state index contributed by atoms with van der Waals surface area (Å²) >= 11 is 3.36. The van der Waals surface area contributed by atoms with Gasteiger partial charge >= 0.3 is 5.97 Å². The van der Waals surface area contributed by atoms with Crippen LogP contribution in [-0.2, 0) is 9.59 Å². The number of benzene rings is 1. The third-order valence-corrected chi connectivity index (χ3v) is 5.25. The highest BCUT2D eigenvalue weighted by atomic mass is 79.9. The molecular formula is C16H18BrNO4. The Morgan fingerprint density at radius 3 is 2.68 bits per heavy atom. The largest absolute Gasteiger partial charge is 0.484 e. The molecule has 1 aliphatic heterocycles. The molecule has 118 valence electrons. The number of carbonyl (C=O) groups excluding carboxylic acids is 1. The summed E-state index contributed by atoms with van der Waals surface area (Å²) in [6.45, 7) is 1.28. The summed E-state index contributed by atoms with van der Waals surface area (Å²) in [6.07, 6.45) is 2.33. The van der Waals surface area contributed by atoms with Gasteiger partial charge in [0, 0.05) is 17.6 Å². The molecule has 1 aliphatic carbocycles. The second-order valence-corrected chi connectivity index (χ2v) is 7.00. The molecule has 6 heteroatoms. The molecule has 1 saturated carbocycles. The molecule has 2 fully saturated rings. The third-order valence-electron chi connectivity index (χ3n) is 4.76. The maximum atomic E-state index is 12.2. The van der Waals surface area contributed by atoms with Crippen LogP contribution in [0.4, 0.5) is 0 Å². The van der Waals surface area contributed by atoms with Crippen LogP contribution in [0, 0.1) is 11.3 Å². The molecule has 1 unspecified atom stereocenters. The zero-order valence-electron chi connectivity index (χ0n) is 12.1. The minimum atomic E-state index is -0.697. The van der Waals surface area contributed by atoms with Crippen molar-refractivity contribution in [1.29, 1.82) is 0 Å². The predicted molar refractivity (Wildman–Crippen MR) is 83.6 cm³/mol. The summed E-state index contributed by atoms with van der Waals surface area (Å²) < 4.78 is 6.42. The number of carbonyl (C=O) groups is 2. The monoisotopic (exact) mass is 367 g/mol. The molecule has 1 atom stereocenters. The number of rotatable bonds is 4. The van der Waals surface area contributed by atoms with E-state index in [-0.39, 0.29) is 23.8 Å². The van der Waals surface area contributed by atoms with Crippen molar-refractivity contribution in [3.05, 3.63) is 28.7 Å². The number of hydrogen-bond acceptors (Lipinski definition) is 3. The quantitative estimate of drug-likeness (QED) is 0.887. The van der Waals surface area contributed by atoms with Gasteiger partial charge in [-0.1, -0.05) is 22.0 Å². The van der Waals surface area contributed by atoms with Gasteiger partial charge in [0.25, 0.3) is 5.91 Å². The van der Waals surface area contributed by atoms with Crippen LogP contribution < -0.4 is 4.74 Å². The number of piperidine rings is 1. The fourth-order valence-electron chi connectivity index (χ4n) is 3.24. The molecule has 1 spiro atoms. The molecule has 1 heterocycles. The SMILES string of the molecule is O=C(O)C1CC12CCN(C(=O)COc1cccc(Br)c1)CC2. The maximum absolute atomic E-state index is 12.2. The highest BCUT2D eigenvalue weighted by molar-refractivity contribution is 9.10. The Balaban J connectivity index is 1.47. The highest BCUT2D eigenvalue weighted by Gasteiger charge is 2.59. The topological polar surface area (TPSA) is 66.8 Å². The number of halogens is 1. The Bertz CT molecular complexity index is 596. The Hall–Kier alpha value is -1.56. The summed E-state index contributed by atoms with van der Waals surface area (Å²) in [4.78, 5) is 25.0. The molecule has 0 radical (unpaired) electrons. The molecule has 2 aliphatic rings. The molecule has 22 heavy (non-hydrogen) atoms. The lowest BCUT2D eigenvalue weighted by Crippen LogP contribution is -2.42. The van der Waals surface area contributed by atoms with E-state index < -0.39 is 5.97 Å². The molecule has 0 bridgehead atoms. The van der Waals surface area contributed by atoms with E-state index in [2.05, 4.69) is 15.9 Å². The summed E-state index contributed by atoms with van der Waals surface area (Å²) in [5.74, 6) is -0.285. The molecule has 1 aromatic rings. The number of nitrogens with zero attached hydrogens (tertiary/aromatic N) is 1. The summed E-state index contributed by atoms with van der Waals surface area (Å²) in [5.41, 5.74) is -0.0479. The van der Waals surface area contributed by atoms with Crippen LogP contribution >= 0.6 is 15.9 Å². The third kappa shape index (κ3) is 3.11. The summed E-state index contributed by atoms with van der Waals surface area (Å²) in [5, 5.41) is 9.07. The Morgan fingerprint density at radius 1 is 1.36 bits per heavy atom. The fraction of sp³-hybridized carbons (Fsp3) is 0.500. The predicted octanol–water partition coefficient (Wildman–Crippen LogP) is 2.54. The number of carboxylic acid groups (broad SMARTS) is 1. The average Bonchev–Trinajstić information content (AvgIpc) is 3.20. The Labute approximate surface area is 137 Å². The van der Waals surface area contributed by atoms with Crippen LogP contribution in [-0.4, -0.2) is 41.6 Å². The van der Waals surface area contributed by atoms with Gasteiger partial charge in [0.2, 0.25) is 0 Å². The minimum absolute atomic E-state index is 0.0197. The Morgan fingerprint density at radius 2 is 2.09 bits per heavy atom. The van der Waals surface area contributed by atoms with Crippen molar-refractivity contribution in [2.75, 3.05) is 19.7 Å². The van der Waals surface area contributed by atoms with Crippen LogP contribution in [0.2, 0.25) is 0 Å². The Kier molecular flexibility index (Phi) is 4.12. The normalized spacial score (nSPS) is 22.4. The molecule has 0 aromatic heterocycles. The second-order valence-electron chi connectivity index (χ2n) is 6.08. The number of likely N-dealkylation sites (tertiary alicyclic amines) is 1. The van der Waals surface area contributed by atoms with Gasteiger partial charge in [-0.3, -0.25) is 9.59 Å². The summed E-state index contributed by atoms with van der Waals surface area (Å²) in [6, 6.07) is 7.38. The first-order valence-corrected chi connectivity index (χ1v) is 8.18. The molecule has 1 amide bonds. The zero-order valence-corrected chi connectivity index (χ0v) is 13.7. The van der Waals surface area contributed by atoms with Crippen LogP contribution in [0.3, 0.4) is 0 Å². The number of hydrogen-bond donors (Lipinski definition) is 1. The van der Waals surface area contributed by atoms with Crippen molar-refractivity contribution in [3.63, 3.8) is 0 Å². The van der Waals surface area contributed by atoms with Crippen molar-refractivity contribution in [3.8, 4) is 5.75 Å². The zero-order chi connectivity index (χ0) is 15.7. The molecule has 5 nitrogen and oxygen atoms in total. The molecule has 1 aromatic carbocycles. The molecule has 1 N–H and O–H groups in total. The van der Waals surface area contributed by atoms with E-state index in [9.17, 15) is 9.59 Å². The number of ether oxygens (including phenoxy) is 1. The van der Waals surface area contributed by atoms with Gasteiger partial charge in [0.15, 0.2) is 6.61 Å². The standard InChI is InChI=1S/C16H18BrNO4/c17-11-2-1-3-12(8-11)22-10-14(19)18-6-4-16(5-7-18)9-13(16)15(20)21/h1-3,8,13H,4-7,9-10H2,(H,20,21). The van der Waals surface area contributed by atoms with Crippen molar-refractivity contribution in [2.24, 2.45) is 11.3 Å². The first-order valence-electron chi connectivity index (χ1n) is 7.39. The van der Waals surface area contributed by atoms with Crippen LogP contribution in [0.5, 0.6) is 5.75 Å². The molecule has 3 rings (SSSR count). The van der Waals surface area contributed by atoms with Gasteiger partial charge < -0.3 is 14.7 Å². The first kappa shape index (κ1) is 15.3. The van der Waals surface area contributed by atoms with Crippen molar-refractivity contribution in [1.82, 2.24) is 4.90 Å². The van der Waals surface area contributed by atoms with Crippen molar-refractivity contribution in [2.45, 2.75) is 19.3 Å². The van der Waals surface area contributed by atoms with Gasteiger partial charge in [0.1, 0.15) is 5.75 Å². The number of amides is 1. The van der Waals surface area contributed by atoms with Gasteiger partial charge in [-0.25, -0.2) is 0 Å². The lowest BCUT2D eigenvalue weighted by Gasteiger charge is -2.32. The number of aliphatic carboxylic acids is 1. The van der Waals surface area contributed by atoms with Gasteiger partial charge in [-0.15, -0.1) is 0 Å². The average molecular weight is 368 g/mol. The lowest BCUT2D eigenvalue weighted by molar-refractivity contribution is -0.140. The van der Waals surface area contributed by atoms with Crippen LogP contribution in [0.15, 0.2) is 28.7 Å². The van der Waals surface area contributed by atoms with Crippen molar-refractivity contribution < 1.29 is 19.4 Å². The van der Waals surface area contributed by atoms with Gasteiger partial charge in [0.05, 0.1) is 5.92 Å². The van der Waals surface area contributed by atoms with E-state index in [0.717, 1.165) is 23.7 Å². The van der Waals surface area contributed by atoms with Gasteiger partial charge in [-0.05, 0) is 42.9 Å². The van der Waals surface area contributed by atoms with Crippen molar-refractivity contribution >= 4 is 27.8 Å². The van der Waals surface area contributed by atoms with E-state index in [1.54, 1.807) is 4.90 Å². The molecular weight excluding hydrogens is 350 g/mol. The second kappa shape index (κ2) is 5.91. The summed E-state index contributed by atoms with van der Waals surface area (Å²) in [7, 11) is 0. The lowest BCUT2D eigenvalue weighted by atomic mass is 9.91. The first-order chi connectivity index (χ1) is 10.5.